The second kappa shape index (κ2) is 8.14. The number of imidazole rings is 1. The molecule has 2 heterocycles. The average molecular weight is 430 g/mol. The molecule has 0 saturated carbocycles. The fourth-order valence-corrected chi connectivity index (χ4v) is 4.48. The first kappa shape index (κ1) is 21.9. The quantitative estimate of drug-likeness (QED) is 0.365. The Hall–Kier alpha value is -2.81. The van der Waals surface area contributed by atoms with Crippen LogP contribution in [0.4, 0.5) is 5.82 Å². The van der Waals surface area contributed by atoms with Crippen molar-refractivity contribution in [2.24, 2.45) is 10.8 Å². The summed E-state index contributed by atoms with van der Waals surface area (Å²) in [6.45, 7) is 7.92. The van der Waals surface area contributed by atoms with Gasteiger partial charge in [0.05, 0.1) is 12.0 Å². The summed E-state index contributed by atoms with van der Waals surface area (Å²) < 4.78 is 1.60. The first-order valence-electron chi connectivity index (χ1n) is 9.61. The van der Waals surface area contributed by atoms with Gasteiger partial charge in [-0.25, -0.2) is 9.97 Å². The number of aromatic nitrogens is 4. The van der Waals surface area contributed by atoms with E-state index >= 15 is 0 Å². The van der Waals surface area contributed by atoms with Crippen LogP contribution >= 0.6 is 11.8 Å². The minimum atomic E-state index is -0.825. The summed E-state index contributed by atoms with van der Waals surface area (Å²) >= 11 is 1.42. The molecule has 9 heteroatoms. The minimum absolute atomic E-state index is 0.166. The highest BCUT2D eigenvalue weighted by atomic mass is 32.2. The van der Waals surface area contributed by atoms with Gasteiger partial charge in [-0.3, -0.25) is 9.36 Å². The van der Waals surface area contributed by atoms with Crippen molar-refractivity contribution < 1.29 is 15.0 Å². The smallest absolute Gasteiger partial charge is 0.309 e. The second-order valence-electron chi connectivity index (χ2n) is 8.87. The first-order valence-corrected chi connectivity index (χ1v) is 10.6. The fourth-order valence-electron chi connectivity index (χ4n) is 3.55. The van der Waals surface area contributed by atoms with E-state index in [1.165, 1.54) is 11.8 Å². The number of hydrogen-bond acceptors (Lipinski definition) is 7. The zero-order valence-electron chi connectivity index (χ0n) is 17.6. The van der Waals surface area contributed by atoms with Gasteiger partial charge in [0.15, 0.2) is 22.1 Å². The van der Waals surface area contributed by atoms with Crippen molar-refractivity contribution in [2.75, 3.05) is 11.5 Å². The lowest BCUT2D eigenvalue weighted by Crippen LogP contribution is -2.31. The zero-order valence-corrected chi connectivity index (χ0v) is 18.4. The molecule has 0 fully saturated rings. The number of carbonyl (C=O) groups is 1. The highest BCUT2D eigenvalue weighted by molar-refractivity contribution is 7.99. The topological polar surface area (TPSA) is 127 Å². The summed E-state index contributed by atoms with van der Waals surface area (Å²) in [5.41, 5.74) is 6.82. The SMILES string of the molecule is CC(C)(CSc1nc(N)c2nc(O)n(Cc3ccccc3)c2n1)CC(C)(C)C(=O)O. The number of hydrogen-bond donors (Lipinski definition) is 3. The van der Waals surface area contributed by atoms with E-state index in [0.717, 1.165) is 5.56 Å². The van der Waals surface area contributed by atoms with E-state index in [0.29, 0.717) is 35.0 Å². The number of rotatable bonds is 8. The van der Waals surface area contributed by atoms with Crippen molar-refractivity contribution in [3.05, 3.63) is 35.9 Å². The normalized spacial score (nSPS) is 12.4. The minimum Gasteiger partial charge on any atom is -0.481 e. The molecule has 0 atom stereocenters. The monoisotopic (exact) mass is 429 g/mol. The number of aliphatic carboxylic acids is 1. The summed E-state index contributed by atoms with van der Waals surface area (Å²) in [6.07, 6.45) is 0.507. The molecule has 0 radical (unpaired) electrons. The van der Waals surface area contributed by atoms with Gasteiger partial charge in [0.2, 0.25) is 0 Å². The van der Waals surface area contributed by atoms with Gasteiger partial charge in [-0.15, -0.1) is 0 Å². The van der Waals surface area contributed by atoms with Crippen LogP contribution in [0.5, 0.6) is 6.01 Å². The lowest BCUT2D eigenvalue weighted by Gasteiger charge is -2.31. The number of fused-ring (bicyclic) bond motifs is 1. The third-order valence-corrected chi connectivity index (χ3v) is 6.22. The first-order chi connectivity index (χ1) is 14.0. The molecule has 0 saturated heterocycles. The summed E-state index contributed by atoms with van der Waals surface area (Å²) in [6, 6.07) is 9.53. The Morgan fingerprint density at radius 2 is 1.80 bits per heavy atom. The van der Waals surface area contributed by atoms with Gasteiger partial charge in [0, 0.05) is 5.75 Å². The molecule has 0 spiro atoms. The van der Waals surface area contributed by atoms with E-state index in [-0.39, 0.29) is 17.2 Å². The van der Waals surface area contributed by atoms with Gasteiger partial charge in [-0.1, -0.05) is 55.9 Å². The van der Waals surface area contributed by atoms with Crippen molar-refractivity contribution in [1.29, 1.82) is 0 Å². The fraction of sp³-hybridized carbons (Fsp3) is 0.429. The molecule has 2 aromatic heterocycles. The molecule has 8 nitrogen and oxygen atoms in total. The standard InChI is InChI=1S/C21H27N5O3S/c1-20(2,11-21(3,4)17(27)28)12-30-18-24-15(22)14-16(25-18)26(19(29)23-14)10-13-8-6-5-7-9-13/h5-9H,10-12H2,1-4H3,(H,23,29)(H,27,28)(H2,22,24,25). The number of carboxylic acid groups (broad SMARTS) is 1. The van der Waals surface area contributed by atoms with Crippen molar-refractivity contribution in [3.8, 4) is 6.01 Å². The van der Waals surface area contributed by atoms with Crippen molar-refractivity contribution in [3.63, 3.8) is 0 Å². The van der Waals surface area contributed by atoms with E-state index < -0.39 is 11.4 Å². The predicted molar refractivity (Wildman–Crippen MR) is 117 cm³/mol. The van der Waals surface area contributed by atoms with E-state index in [1.807, 2.05) is 44.2 Å². The lowest BCUT2D eigenvalue weighted by atomic mass is 9.76. The molecule has 1 aromatic carbocycles. The number of thioether (sulfide) groups is 1. The molecular formula is C21H27N5O3S. The van der Waals surface area contributed by atoms with Gasteiger partial charge < -0.3 is 15.9 Å². The van der Waals surface area contributed by atoms with Crippen LogP contribution in [0, 0.1) is 10.8 Å². The summed E-state index contributed by atoms with van der Waals surface area (Å²) in [5, 5.41) is 20.2. The zero-order chi connectivity index (χ0) is 22.1. The van der Waals surface area contributed by atoms with Gasteiger partial charge in [0.1, 0.15) is 0 Å². The molecule has 0 amide bonds. The Labute approximate surface area is 179 Å². The van der Waals surface area contributed by atoms with Crippen LogP contribution in [-0.4, -0.2) is 41.5 Å². The van der Waals surface area contributed by atoms with E-state index in [2.05, 4.69) is 15.0 Å². The Bertz CT molecular complexity index is 1060. The molecule has 3 aromatic rings. The summed E-state index contributed by atoms with van der Waals surface area (Å²) in [7, 11) is 0. The van der Waals surface area contributed by atoms with E-state index in [1.54, 1.807) is 18.4 Å². The van der Waals surface area contributed by atoms with Crippen molar-refractivity contribution in [2.45, 2.75) is 45.8 Å². The maximum Gasteiger partial charge on any atom is 0.309 e. The molecule has 0 bridgehead atoms. The second-order valence-corrected chi connectivity index (χ2v) is 9.81. The van der Waals surface area contributed by atoms with Crippen LogP contribution in [-0.2, 0) is 11.3 Å². The number of aromatic hydroxyl groups is 1. The van der Waals surface area contributed by atoms with Crippen molar-refractivity contribution in [1.82, 2.24) is 19.5 Å². The molecule has 3 rings (SSSR count). The maximum atomic E-state index is 11.5. The number of carboxylic acids is 1. The molecular weight excluding hydrogens is 402 g/mol. The molecule has 0 aliphatic carbocycles. The Kier molecular flexibility index (Phi) is 5.94. The third kappa shape index (κ3) is 4.84. The van der Waals surface area contributed by atoms with Crippen LogP contribution in [0.25, 0.3) is 11.2 Å². The summed E-state index contributed by atoms with van der Waals surface area (Å²) in [5.74, 6) is 0.00376. The van der Waals surface area contributed by atoms with Gasteiger partial charge >= 0.3 is 5.97 Å². The molecule has 0 unspecified atom stereocenters. The predicted octanol–water partition coefficient (Wildman–Crippen LogP) is 3.78. The van der Waals surface area contributed by atoms with Crippen LogP contribution in [0.2, 0.25) is 0 Å². The molecule has 0 aliphatic heterocycles. The van der Waals surface area contributed by atoms with Gasteiger partial charge in [-0.2, -0.15) is 4.98 Å². The summed E-state index contributed by atoms with van der Waals surface area (Å²) in [4.78, 5) is 24.5. The number of anilines is 1. The molecule has 30 heavy (non-hydrogen) atoms. The van der Waals surface area contributed by atoms with Crippen molar-refractivity contribution >= 4 is 34.7 Å². The maximum absolute atomic E-state index is 11.5. The third-order valence-electron chi connectivity index (χ3n) is 4.86. The van der Waals surface area contributed by atoms with Crippen LogP contribution in [0.15, 0.2) is 35.5 Å². The Morgan fingerprint density at radius 1 is 1.13 bits per heavy atom. The largest absolute Gasteiger partial charge is 0.481 e. The number of nitrogens with two attached hydrogens (primary N) is 1. The lowest BCUT2D eigenvalue weighted by molar-refractivity contribution is -0.148. The Morgan fingerprint density at radius 3 is 2.43 bits per heavy atom. The van der Waals surface area contributed by atoms with Crippen LogP contribution in [0.1, 0.15) is 39.7 Å². The molecule has 160 valence electrons. The molecule has 0 aliphatic rings. The van der Waals surface area contributed by atoms with Gasteiger partial charge in [-0.05, 0) is 31.2 Å². The average Bonchev–Trinajstić information content (AvgIpc) is 2.96. The van der Waals surface area contributed by atoms with Crippen LogP contribution < -0.4 is 5.73 Å². The Balaban J connectivity index is 1.85. The van der Waals surface area contributed by atoms with E-state index in [9.17, 15) is 15.0 Å². The highest BCUT2D eigenvalue weighted by Crippen LogP contribution is 2.38. The van der Waals surface area contributed by atoms with Crippen LogP contribution in [0.3, 0.4) is 0 Å². The van der Waals surface area contributed by atoms with Gasteiger partial charge in [0.25, 0.3) is 6.01 Å². The highest BCUT2D eigenvalue weighted by Gasteiger charge is 2.35. The number of nitrogen functional groups attached to an aromatic ring is 1. The number of nitrogens with zero attached hydrogens (tertiary/aromatic N) is 4. The number of benzene rings is 1. The van der Waals surface area contributed by atoms with E-state index in [4.69, 9.17) is 5.73 Å². The molecule has 4 N–H and O–H groups in total.